The highest BCUT2D eigenvalue weighted by molar-refractivity contribution is 5.91. The Morgan fingerprint density at radius 1 is 1.36 bits per heavy atom. The van der Waals surface area contributed by atoms with Crippen LogP contribution >= 0.6 is 0 Å². The number of nitrogens with zero attached hydrogens (tertiary/aromatic N) is 4. The van der Waals surface area contributed by atoms with Crippen LogP contribution in [-0.2, 0) is 0 Å². The quantitative estimate of drug-likeness (QED) is 0.908. The van der Waals surface area contributed by atoms with E-state index in [9.17, 15) is 9.90 Å². The number of anilines is 1. The number of hydrogen-bond acceptors (Lipinski definition) is 6. The predicted octanol–water partition coefficient (Wildman–Crippen LogP) is 1.42. The van der Waals surface area contributed by atoms with Gasteiger partial charge in [0.05, 0.1) is 6.26 Å². The molecule has 2 aromatic rings. The number of piperidine rings is 1. The van der Waals surface area contributed by atoms with Crippen LogP contribution in [0.1, 0.15) is 23.4 Å². The Balaban J connectivity index is 1.46. The Bertz CT molecular complexity index is 711. The number of likely N-dealkylation sites (tertiary alicyclic amines) is 1. The molecule has 25 heavy (non-hydrogen) atoms. The van der Waals surface area contributed by atoms with Gasteiger partial charge in [-0.05, 0) is 36.5 Å². The summed E-state index contributed by atoms with van der Waals surface area (Å²) in [5.41, 5.74) is 0.0274. The van der Waals surface area contributed by atoms with Crippen LogP contribution in [-0.4, -0.2) is 58.7 Å². The van der Waals surface area contributed by atoms with E-state index >= 15 is 0 Å². The summed E-state index contributed by atoms with van der Waals surface area (Å²) in [4.78, 5) is 24.9. The second-order valence-corrected chi connectivity index (χ2v) is 6.96. The van der Waals surface area contributed by atoms with Crippen molar-refractivity contribution in [3.63, 3.8) is 0 Å². The second kappa shape index (κ2) is 6.48. The molecule has 7 heteroatoms. The first-order chi connectivity index (χ1) is 12.2. The van der Waals surface area contributed by atoms with Crippen LogP contribution in [0.25, 0.3) is 0 Å². The van der Waals surface area contributed by atoms with E-state index in [0.29, 0.717) is 18.8 Å². The number of amides is 1. The zero-order chi connectivity index (χ0) is 17.3. The number of carbonyl (C=O) groups excluding carboxylic acids is 1. The van der Waals surface area contributed by atoms with E-state index in [1.807, 2.05) is 11.0 Å². The van der Waals surface area contributed by atoms with E-state index in [1.165, 1.54) is 6.26 Å². The van der Waals surface area contributed by atoms with Crippen molar-refractivity contribution >= 4 is 11.7 Å². The predicted molar refractivity (Wildman–Crippen MR) is 91.1 cm³/mol. The lowest BCUT2D eigenvalue weighted by Gasteiger charge is -2.41. The van der Waals surface area contributed by atoms with Crippen molar-refractivity contribution in [1.82, 2.24) is 14.9 Å². The molecule has 1 unspecified atom stereocenters. The van der Waals surface area contributed by atoms with Gasteiger partial charge in [-0.1, -0.05) is 0 Å². The molecule has 2 fully saturated rings. The van der Waals surface area contributed by atoms with Crippen LogP contribution in [0.3, 0.4) is 0 Å². The van der Waals surface area contributed by atoms with E-state index in [2.05, 4.69) is 14.9 Å². The average molecular weight is 342 g/mol. The molecule has 1 N–H and O–H groups in total. The molecule has 4 heterocycles. The summed E-state index contributed by atoms with van der Waals surface area (Å²) in [7, 11) is 0. The first-order valence-corrected chi connectivity index (χ1v) is 8.66. The minimum Gasteiger partial charge on any atom is -0.459 e. The van der Waals surface area contributed by atoms with Crippen LogP contribution in [0.2, 0.25) is 0 Å². The van der Waals surface area contributed by atoms with Gasteiger partial charge in [-0.15, -0.1) is 0 Å². The van der Waals surface area contributed by atoms with Crippen molar-refractivity contribution in [2.45, 2.75) is 12.8 Å². The molecule has 0 aliphatic carbocycles. The number of rotatable bonds is 3. The number of aliphatic hydroxyl groups excluding tert-OH is 1. The van der Waals surface area contributed by atoms with Gasteiger partial charge in [0.25, 0.3) is 5.91 Å². The van der Waals surface area contributed by atoms with Crippen LogP contribution in [0.5, 0.6) is 0 Å². The largest absolute Gasteiger partial charge is 0.459 e. The maximum absolute atomic E-state index is 12.5. The van der Waals surface area contributed by atoms with Gasteiger partial charge >= 0.3 is 0 Å². The summed E-state index contributed by atoms with van der Waals surface area (Å²) in [6, 6.07) is 5.34. The molecule has 0 aromatic carbocycles. The van der Waals surface area contributed by atoms with Gasteiger partial charge in [0.1, 0.15) is 12.1 Å². The molecule has 1 spiro atoms. The second-order valence-electron chi connectivity index (χ2n) is 6.96. The van der Waals surface area contributed by atoms with E-state index in [-0.39, 0.29) is 23.8 Å². The van der Waals surface area contributed by atoms with Crippen molar-refractivity contribution in [1.29, 1.82) is 0 Å². The average Bonchev–Trinajstić information content (AvgIpc) is 3.31. The molecular formula is C18H22N4O3. The highest BCUT2D eigenvalue weighted by Gasteiger charge is 2.48. The molecule has 1 amide bonds. The molecule has 0 bridgehead atoms. The number of aromatic nitrogens is 2. The molecule has 132 valence electrons. The van der Waals surface area contributed by atoms with Crippen molar-refractivity contribution in [3.8, 4) is 0 Å². The van der Waals surface area contributed by atoms with Crippen LogP contribution in [0.4, 0.5) is 5.82 Å². The number of carbonyl (C=O) groups is 1. The molecule has 2 aliphatic rings. The lowest BCUT2D eigenvalue weighted by molar-refractivity contribution is 0.0395. The molecule has 2 aromatic heterocycles. The number of aliphatic hydroxyl groups is 1. The molecule has 4 rings (SSSR count). The third-order valence-corrected chi connectivity index (χ3v) is 5.70. The maximum atomic E-state index is 12.5. The molecule has 0 saturated carbocycles. The lowest BCUT2D eigenvalue weighted by Crippen LogP contribution is -2.47. The van der Waals surface area contributed by atoms with E-state index < -0.39 is 0 Å². The van der Waals surface area contributed by atoms with Gasteiger partial charge in [0, 0.05) is 44.9 Å². The van der Waals surface area contributed by atoms with Crippen molar-refractivity contribution in [2.24, 2.45) is 11.3 Å². The SMILES string of the molecule is O=C(c1ccco1)N1CCC2(CC1)CN(c1ccncn1)CC2CO. The van der Waals surface area contributed by atoms with Gasteiger partial charge < -0.3 is 19.3 Å². The van der Waals surface area contributed by atoms with E-state index in [1.54, 1.807) is 24.7 Å². The monoisotopic (exact) mass is 342 g/mol. The third-order valence-electron chi connectivity index (χ3n) is 5.70. The summed E-state index contributed by atoms with van der Waals surface area (Å²) >= 11 is 0. The van der Waals surface area contributed by atoms with Crippen molar-refractivity contribution in [2.75, 3.05) is 37.7 Å². The Kier molecular flexibility index (Phi) is 4.17. The number of hydrogen-bond donors (Lipinski definition) is 1. The van der Waals surface area contributed by atoms with Crippen LogP contribution in [0.15, 0.2) is 41.4 Å². The van der Waals surface area contributed by atoms with E-state index in [0.717, 1.165) is 31.7 Å². The standard InChI is InChI=1S/C18H22N4O3/c23-11-14-10-22(16-3-6-19-13-20-16)12-18(14)4-7-21(8-5-18)17(24)15-2-1-9-25-15/h1-3,6,9,13-14,23H,4-5,7-8,10-12H2. The Morgan fingerprint density at radius 3 is 2.84 bits per heavy atom. The van der Waals surface area contributed by atoms with Crippen molar-refractivity contribution in [3.05, 3.63) is 42.7 Å². The fourth-order valence-corrected chi connectivity index (χ4v) is 4.21. The molecule has 7 nitrogen and oxygen atoms in total. The fourth-order valence-electron chi connectivity index (χ4n) is 4.21. The zero-order valence-corrected chi connectivity index (χ0v) is 14.0. The minimum absolute atomic E-state index is 0.0274. The maximum Gasteiger partial charge on any atom is 0.289 e. The Morgan fingerprint density at radius 2 is 2.20 bits per heavy atom. The highest BCUT2D eigenvalue weighted by Crippen LogP contribution is 2.45. The van der Waals surface area contributed by atoms with Gasteiger partial charge in [-0.2, -0.15) is 0 Å². The summed E-state index contributed by atoms with van der Waals surface area (Å²) in [5.74, 6) is 1.44. The summed E-state index contributed by atoms with van der Waals surface area (Å²) < 4.78 is 5.23. The number of furan rings is 1. The molecule has 1 atom stereocenters. The Hall–Kier alpha value is -2.41. The summed E-state index contributed by atoms with van der Waals surface area (Å²) in [6.45, 7) is 3.19. The summed E-state index contributed by atoms with van der Waals surface area (Å²) in [5, 5.41) is 9.92. The van der Waals surface area contributed by atoms with Gasteiger partial charge in [-0.25, -0.2) is 9.97 Å². The molecule has 2 aliphatic heterocycles. The van der Waals surface area contributed by atoms with Crippen LogP contribution in [0, 0.1) is 11.3 Å². The fraction of sp³-hybridized carbons (Fsp3) is 0.500. The van der Waals surface area contributed by atoms with E-state index in [4.69, 9.17) is 4.42 Å². The van der Waals surface area contributed by atoms with Crippen molar-refractivity contribution < 1.29 is 14.3 Å². The van der Waals surface area contributed by atoms with Gasteiger partial charge in [0.15, 0.2) is 5.76 Å². The van der Waals surface area contributed by atoms with Gasteiger partial charge in [-0.3, -0.25) is 4.79 Å². The normalized spacial score (nSPS) is 22.5. The molecule has 2 saturated heterocycles. The first-order valence-electron chi connectivity index (χ1n) is 8.66. The zero-order valence-electron chi connectivity index (χ0n) is 14.0. The highest BCUT2D eigenvalue weighted by atomic mass is 16.3. The van der Waals surface area contributed by atoms with Gasteiger partial charge in [0.2, 0.25) is 0 Å². The molecule has 0 radical (unpaired) electrons. The summed E-state index contributed by atoms with van der Waals surface area (Å²) in [6.07, 6.45) is 6.58. The molecular weight excluding hydrogens is 320 g/mol. The topological polar surface area (TPSA) is 82.7 Å². The first kappa shape index (κ1) is 16.1. The lowest BCUT2D eigenvalue weighted by atomic mass is 9.71. The third kappa shape index (κ3) is 2.89. The Labute approximate surface area is 146 Å². The smallest absolute Gasteiger partial charge is 0.289 e. The van der Waals surface area contributed by atoms with Crippen LogP contribution < -0.4 is 4.90 Å². The minimum atomic E-state index is -0.0500.